The SMILES string of the molecule is CC1(C)CN(c2cccc(C(F)(F)F)c2)C(=O)c2cc(N)ccc21. The van der Waals surface area contributed by atoms with Gasteiger partial charge in [-0.25, -0.2) is 0 Å². The number of nitrogens with two attached hydrogens (primary N) is 1. The van der Waals surface area contributed by atoms with Crippen LogP contribution in [0.2, 0.25) is 0 Å². The lowest BCUT2D eigenvalue weighted by atomic mass is 9.77. The first-order valence-electron chi connectivity index (χ1n) is 7.49. The van der Waals surface area contributed by atoms with E-state index in [1.165, 1.54) is 17.0 Å². The van der Waals surface area contributed by atoms with Gasteiger partial charge in [-0.1, -0.05) is 26.0 Å². The molecule has 0 bridgehead atoms. The molecule has 2 aromatic rings. The zero-order valence-corrected chi connectivity index (χ0v) is 13.3. The largest absolute Gasteiger partial charge is 0.416 e. The summed E-state index contributed by atoms with van der Waals surface area (Å²) in [5.74, 6) is -0.337. The molecule has 0 aromatic heterocycles. The molecule has 3 rings (SSSR count). The third-order valence-corrected chi connectivity index (χ3v) is 4.29. The van der Waals surface area contributed by atoms with E-state index < -0.39 is 17.2 Å². The third-order valence-electron chi connectivity index (χ3n) is 4.29. The Hall–Kier alpha value is -2.50. The first-order valence-corrected chi connectivity index (χ1v) is 7.49. The molecule has 1 aliphatic rings. The molecule has 1 amide bonds. The zero-order valence-electron chi connectivity index (χ0n) is 13.3. The van der Waals surface area contributed by atoms with E-state index in [0.717, 1.165) is 17.7 Å². The van der Waals surface area contributed by atoms with Crippen LogP contribution in [0.1, 0.15) is 35.3 Å². The van der Waals surface area contributed by atoms with Crippen LogP contribution in [0.4, 0.5) is 24.5 Å². The summed E-state index contributed by atoms with van der Waals surface area (Å²) in [6, 6.07) is 9.95. The molecule has 3 nitrogen and oxygen atoms in total. The molecule has 0 aliphatic carbocycles. The minimum atomic E-state index is -4.45. The van der Waals surface area contributed by atoms with E-state index in [9.17, 15) is 18.0 Å². The Kier molecular flexibility index (Phi) is 3.59. The summed E-state index contributed by atoms with van der Waals surface area (Å²) in [6.45, 7) is 4.20. The number of carbonyl (C=O) groups excluding carboxylic acids is 1. The van der Waals surface area contributed by atoms with Gasteiger partial charge in [-0.2, -0.15) is 13.2 Å². The molecule has 2 aromatic carbocycles. The number of rotatable bonds is 1. The minimum Gasteiger partial charge on any atom is -0.399 e. The number of carbonyl (C=O) groups is 1. The number of amides is 1. The number of hydrogen-bond donors (Lipinski definition) is 1. The van der Waals surface area contributed by atoms with Crippen molar-refractivity contribution in [3.63, 3.8) is 0 Å². The van der Waals surface area contributed by atoms with Crippen LogP contribution in [-0.4, -0.2) is 12.5 Å². The lowest BCUT2D eigenvalue weighted by Crippen LogP contribution is -2.47. The van der Waals surface area contributed by atoms with Crippen molar-refractivity contribution >= 4 is 17.3 Å². The highest BCUT2D eigenvalue weighted by Crippen LogP contribution is 2.38. The highest BCUT2D eigenvalue weighted by atomic mass is 19.4. The molecule has 0 fully saturated rings. The van der Waals surface area contributed by atoms with Gasteiger partial charge in [0.1, 0.15) is 0 Å². The van der Waals surface area contributed by atoms with Crippen molar-refractivity contribution in [1.82, 2.24) is 0 Å². The molecule has 24 heavy (non-hydrogen) atoms. The lowest BCUT2D eigenvalue weighted by Gasteiger charge is -2.39. The topological polar surface area (TPSA) is 46.3 Å². The Morgan fingerprint density at radius 2 is 1.83 bits per heavy atom. The van der Waals surface area contributed by atoms with Crippen molar-refractivity contribution in [3.8, 4) is 0 Å². The molecule has 126 valence electrons. The van der Waals surface area contributed by atoms with Crippen LogP contribution in [0.5, 0.6) is 0 Å². The van der Waals surface area contributed by atoms with Crippen molar-refractivity contribution in [1.29, 1.82) is 0 Å². The zero-order chi connectivity index (χ0) is 17.7. The molecule has 2 N–H and O–H groups in total. The van der Waals surface area contributed by atoms with Crippen molar-refractivity contribution in [3.05, 3.63) is 59.2 Å². The molecule has 0 atom stereocenters. The normalized spacial score (nSPS) is 16.9. The third kappa shape index (κ3) is 2.72. The van der Waals surface area contributed by atoms with E-state index in [1.54, 1.807) is 12.1 Å². The highest BCUT2D eigenvalue weighted by molar-refractivity contribution is 6.09. The van der Waals surface area contributed by atoms with Crippen LogP contribution >= 0.6 is 0 Å². The van der Waals surface area contributed by atoms with Gasteiger partial charge in [0.25, 0.3) is 5.91 Å². The van der Waals surface area contributed by atoms with Crippen molar-refractivity contribution in [2.24, 2.45) is 0 Å². The van der Waals surface area contributed by atoms with Gasteiger partial charge in [0.2, 0.25) is 0 Å². The van der Waals surface area contributed by atoms with Crippen LogP contribution in [0.25, 0.3) is 0 Å². The number of anilines is 2. The van der Waals surface area contributed by atoms with E-state index in [1.807, 2.05) is 19.9 Å². The van der Waals surface area contributed by atoms with Gasteiger partial charge < -0.3 is 10.6 Å². The fourth-order valence-electron chi connectivity index (χ4n) is 3.09. The molecular weight excluding hydrogens is 317 g/mol. The minimum absolute atomic E-state index is 0.232. The fourth-order valence-corrected chi connectivity index (χ4v) is 3.09. The molecule has 0 unspecified atom stereocenters. The molecule has 1 heterocycles. The van der Waals surface area contributed by atoms with Gasteiger partial charge in [-0.15, -0.1) is 0 Å². The predicted octanol–water partition coefficient (Wildman–Crippen LogP) is 4.23. The summed E-state index contributed by atoms with van der Waals surface area (Å²) in [5.41, 5.74) is 6.57. The summed E-state index contributed by atoms with van der Waals surface area (Å²) < 4.78 is 38.9. The van der Waals surface area contributed by atoms with E-state index in [-0.39, 0.29) is 11.6 Å². The Balaban J connectivity index is 2.09. The van der Waals surface area contributed by atoms with Crippen molar-refractivity contribution in [2.45, 2.75) is 25.4 Å². The van der Waals surface area contributed by atoms with Crippen LogP contribution < -0.4 is 10.6 Å². The molecule has 0 radical (unpaired) electrons. The highest BCUT2D eigenvalue weighted by Gasteiger charge is 2.38. The molecule has 0 saturated carbocycles. The quantitative estimate of drug-likeness (QED) is 0.794. The van der Waals surface area contributed by atoms with Gasteiger partial charge in [-0.05, 0) is 35.9 Å². The van der Waals surface area contributed by atoms with Crippen molar-refractivity contribution < 1.29 is 18.0 Å². The van der Waals surface area contributed by atoms with Crippen LogP contribution in [-0.2, 0) is 11.6 Å². The van der Waals surface area contributed by atoms with Crippen molar-refractivity contribution in [2.75, 3.05) is 17.2 Å². The average molecular weight is 334 g/mol. The van der Waals surface area contributed by atoms with E-state index >= 15 is 0 Å². The van der Waals surface area contributed by atoms with Gasteiger partial charge in [0, 0.05) is 28.9 Å². The first-order chi connectivity index (χ1) is 11.1. The summed E-state index contributed by atoms with van der Waals surface area (Å²) in [6.07, 6.45) is -4.45. The predicted molar refractivity (Wildman–Crippen MR) is 87.0 cm³/mol. The maximum Gasteiger partial charge on any atom is 0.416 e. The summed E-state index contributed by atoms with van der Waals surface area (Å²) in [7, 11) is 0. The number of hydrogen-bond acceptors (Lipinski definition) is 2. The van der Waals surface area contributed by atoms with E-state index in [4.69, 9.17) is 5.73 Å². The molecular formula is C18H17F3N2O. The maximum atomic E-state index is 13.0. The molecule has 0 saturated heterocycles. The number of benzene rings is 2. The van der Waals surface area contributed by atoms with Crippen LogP contribution in [0.3, 0.4) is 0 Å². The van der Waals surface area contributed by atoms with Gasteiger partial charge >= 0.3 is 6.18 Å². The number of alkyl halides is 3. The van der Waals surface area contributed by atoms with E-state index in [2.05, 4.69) is 0 Å². The van der Waals surface area contributed by atoms with E-state index in [0.29, 0.717) is 17.8 Å². The Labute approximate surface area is 137 Å². The Bertz CT molecular complexity index is 812. The molecule has 1 aliphatic heterocycles. The molecule has 6 heteroatoms. The fraction of sp³-hybridized carbons (Fsp3) is 0.278. The van der Waals surface area contributed by atoms with Crippen LogP contribution in [0, 0.1) is 0 Å². The summed E-state index contributed by atoms with van der Waals surface area (Å²) in [5, 5.41) is 0. The van der Waals surface area contributed by atoms with Gasteiger partial charge in [0.05, 0.1) is 5.56 Å². The first kappa shape index (κ1) is 16.4. The maximum absolute atomic E-state index is 13.0. The monoisotopic (exact) mass is 334 g/mol. The van der Waals surface area contributed by atoms with Gasteiger partial charge in [0.15, 0.2) is 0 Å². The number of nitrogens with zero attached hydrogens (tertiary/aromatic N) is 1. The Morgan fingerprint density at radius 3 is 2.50 bits per heavy atom. The second-order valence-electron chi connectivity index (χ2n) is 6.63. The average Bonchev–Trinajstić information content (AvgIpc) is 2.50. The number of fused-ring (bicyclic) bond motifs is 1. The smallest absolute Gasteiger partial charge is 0.399 e. The van der Waals surface area contributed by atoms with Gasteiger partial charge in [-0.3, -0.25) is 4.79 Å². The molecule has 0 spiro atoms. The van der Waals surface area contributed by atoms with Crippen LogP contribution in [0.15, 0.2) is 42.5 Å². The Morgan fingerprint density at radius 1 is 1.12 bits per heavy atom. The summed E-state index contributed by atoms with van der Waals surface area (Å²) >= 11 is 0. The summed E-state index contributed by atoms with van der Waals surface area (Å²) in [4.78, 5) is 14.2. The standard InChI is InChI=1S/C18H17F3N2O/c1-17(2)10-23(13-5-3-4-11(8-13)18(19,20)21)16(24)14-9-12(22)6-7-15(14)17/h3-9H,10,22H2,1-2H3. The number of nitrogen functional groups attached to an aromatic ring is 1. The number of halogens is 3. The second kappa shape index (κ2) is 5.26. The second-order valence-corrected chi connectivity index (χ2v) is 6.63. The lowest BCUT2D eigenvalue weighted by molar-refractivity contribution is -0.137.